The third-order valence-electron chi connectivity index (χ3n) is 4.03. The van der Waals surface area contributed by atoms with E-state index in [9.17, 15) is 4.79 Å². The highest BCUT2D eigenvalue weighted by atomic mass is 32.1. The number of fused-ring (bicyclic) bond motifs is 1. The van der Waals surface area contributed by atoms with Gasteiger partial charge in [0.05, 0.1) is 31.5 Å². The first-order valence-corrected chi connectivity index (χ1v) is 9.02. The monoisotopic (exact) mass is 387 g/mol. The second-order valence-electron chi connectivity index (χ2n) is 5.94. The van der Waals surface area contributed by atoms with Crippen molar-refractivity contribution < 1.29 is 19.0 Å². The van der Waals surface area contributed by atoms with E-state index in [1.807, 2.05) is 19.9 Å². The maximum atomic E-state index is 12.5. The van der Waals surface area contributed by atoms with Gasteiger partial charge in [-0.2, -0.15) is 0 Å². The van der Waals surface area contributed by atoms with Crippen LogP contribution in [0.4, 0.5) is 5.13 Å². The third-order valence-corrected chi connectivity index (χ3v) is 5.15. The lowest BCUT2D eigenvalue weighted by molar-refractivity contribution is 0.0962. The number of hydrazine groups is 1. The number of ether oxygens (including phenoxy) is 3. The van der Waals surface area contributed by atoms with Gasteiger partial charge in [0.15, 0.2) is 11.5 Å². The molecule has 3 rings (SSSR count). The van der Waals surface area contributed by atoms with Gasteiger partial charge in [-0.25, -0.2) is 4.98 Å². The molecule has 0 aliphatic rings. The lowest BCUT2D eigenvalue weighted by Gasteiger charge is -2.14. The Balaban J connectivity index is 1.81. The van der Waals surface area contributed by atoms with Crippen LogP contribution in [0.5, 0.6) is 17.2 Å². The van der Waals surface area contributed by atoms with Crippen LogP contribution in [0.3, 0.4) is 0 Å². The van der Waals surface area contributed by atoms with Crippen LogP contribution in [0.15, 0.2) is 24.3 Å². The van der Waals surface area contributed by atoms with E-state index >= 15 is 0 Å². The second kappa shape index (κ2) is 7.71. The molecule has 27 heavy (non-hydrogen) atoms. The number of nitrogens with one attached hydrogen (secondary N) is 2. The van der Waals surface area contributed by atoms with Crippen molar-refractivity contribution in [1.82, 2.24) is 10.4 Å². The van der Waals surface area contributed by atoms with E-state index < -0.39 is 0 Å². The van der Waals surface area contributed by atoms with Gasteiger partial charge in [0, 0.05) is 5.56 Å². The number of hydrogen-bond donors (Lipinski definition) is 2. The summed E-state index contributed by atoms with van der Waals surface area (Å²) in [6, 6.07) is 7.30. The Morgan fingerprint density at radius 2 is 1.67 bits per heavy atom. The third kappa shape index (κ3) is 3.75. The first-order valence-electron chi connectivity index (χ1n) is 8.21. The molecule has 0 spiro atoms. The van der Waals surface area contributed by atoms with E-state index in [1.165, 1.54) is 32.7 Å². The molecule has 142 valence electrons. The number of thiazole rings is 1. The second-order valence-corrected chi connectivity index (χ2v) is 6.94. The number of benzene rings is 2. The zero-order valence-electron chi connectivity index (χ0n) is 15.8. The Bertz CT molecular complexity index is 975. The number of anilines is 1. The number of carbonyl (C=O) groups is 1. The zero-order chi connectivity index (χ0) is 19.6. The number of amides is 1. The van der Waals surface area contributed by atoms with Crippen LogP contribution in [-0.2, 0) is 0 Å². The number of carbonyl (C=O) groups excluding carboxylic acids is 1. The molecule has 0 bridgehead atoms. The van der Waals surface area contributed by atoms with Gasteiger partial charge >= 0.3 is 0 Å². The molecule has 0 saturated heterocycles. The average Bonchev–Trinajstić information content (AvgIpc) is 3.07. The average molecular weight is 387 g/mol. The SMILES string of the molecule is COc1cc(C(=O)NNc2nc3cc(C)cc(C)c3s2)cc(OC)c1OC. The summed E-state index contributed by atoms with van der Waals surface area (Å²) < 4.78 is 16.9. The largest absolute Gasteiger partial charge is 0.493 e. The lowest BCUT2D eigenvalue weighted by atomic mass is 10.1. The fraction of sp³-hybridized carbons (Fsp3) is 0.263. The number of aromatic nitrogens is 1. The molecule has 8 heteroatoms. The van der Waals surface area contributed by atoms with Crippen LogP contribution in [0, 0.1) is 13.8 Å². The topological polar surface area (TPSA) is 81.7 Å². The summed E-state index contributed by atoms with van der Waals surface area (Å²) >= 11 is 1.48. The summed E-state index contributed by atoms with van der Waals surface area (Å²) in [5.74, 6) is 0.907. The maximum absolute atomic E-state index is 12.5. The van der Waals surface area contributed by atoms with Gasteiger partial charge in [0.2, 0.25) is 10.9 Å². The molecule has 0 unspecified atom stereocenters. The molecule has 0 aliphatic heterocycles. The number of hydrogen-bond acceptors (Lipinski definition) is 7. The smallest absolute Gasteiger partial charge is 0.269 e. The van der Waals surface area contributed by atoms with Crippen molar-refractivity contribution in [1.29, 1.82) is 0 Å². The number of aryl methyl sites for hydroxylation is 2. The molecule has 0 saturated carbocycles. The molecule has 0 atom stereocenters. The molecule has 3 aromatic rings. The minimum absolute atomic E-state index is 0.346. The highest BCUT2D eigenvalue weighted by Crippen LogP contribution is 2.38. The predicted octanol–water partition coefficient (Wildman–Crippen LogP) is 3.70. The Morgan fingerprint density at radius 1 is 1.00 bits per heavy atom. The standard InChI is InChI=1S/C19H21N3O4S/c1-10-6-11(2)17-13(7-10)20-19(27-17)22-21-18(23)12-8-14(24-3)16(26-5)15(9-12)25-4/h6-9H,1-5H3,(H,20,22)(H,21,23). The molecule has 7 nitrogen and oxygen atoms in total. The summed E-state index contributed by atoms with van der Waals surface area (Å²) in [6.45, 7) is 4.08. The van der Waals surface area contributed by atoms with Crippen molar-refractivity contribution in [3.8, 4) is 17.2 Å². The van der Waals surface area contributed by atoms with Crippen LogP contribution in [0.25, 0.3) is 10.2 Å². The summed E-state index contributed by atoms with van der Waals surface area (Å²) in [7, 11) is 4.52. The Kier molecular flexibility index (Phi) is 5.36. The van der Waals surface area contributed by atoms with Crippen molar-refractivity contribution in [3.05, 3.63) is 41.0 Å². The van der Waals surface area contributed by atoms with E-state index in [4.69, 9.17) is 14.2 Å². The van der Waals surface area contributed by atoms with Crippen LogP contribution >= 0.6 is 11.3 Å². The predicted molar refractivity (Wildman–Crippen MR) is 106 cm³/mol. The minimum atomic E-state index is -0.346. The van der Waals surface area contributed by atoms with Crippen molar-refractivity contribution in [2.75, 3.05) is 26.8 Å². The minimum Gasteiger partial charge on any atom is -0.493 e. The molecular weight excluding hydrogens is 366 g/mol. The van der Waals surface area contributed by atoms with Crippen LogP contribution in [-0.4, -0.2) is 32.2 Å². The Labute approximate surface area is 161 Å². The van der Waals surface area contributed by atoms with E-state index in [1.54, 1.807) is 12.1 Å². The summed E-state index contributed by atoms with van der Waals surface area (Å²) in [5.41, 5.74) is 9.12. The molecule has 2 aromatic carbocycles. The first kappa shape index (κ1) is 18.8. The van der Waals surface area contributed by atoms with Gasteiger partial charge in [-0.1, -0.05) is 17.4 Å². The fourth-order valence-electron chi connectivity index (χ4n) is 2.82. The van der Waals surface area contributed by atoms with Crippen molar-refractivity contribution in [2.24, 2.45) is 0 Å². The molecule has 2 N–H and O–H groups in total. The highest BCUT2D eigenvalue weighted by Gasteiger charge is 2.17. The van der Waals surface area contributed by atoms with Gasteiger partial charge in [0.25, 0.3) is 5.91 Å². The number of nitrogens with zero attached hydrogens (tertiary/aromatic N) is 1. The highest BCUT2D eigenvalue weighted by molar-refractivity contribution is 7.22. The molecule has 1 aromatic heterocycles. The van der Waals surface area contributed by atoms with Crippen LogP contribution < -0.4 is 25.1 Å². The molecule has 0 radical (unpaired) electrons. The molecule has 1 amide bonds. The summed E-state index contributed by atoms with van der Waals surface area (Å²) in [6.07, 6.45) is 0. The Hall–Kier alpha value is -3.00. The zero-order valence-corrected chi connectivity index (χ0v) is 16.6. The molecule has 0 fully saturated rings. The van der Waals surface area contributed by atoms with E-state index in [2.05, 4.69) is 21.9 Å². The van der Waals surface area contributed by atoms with Crippen molar-refractivity contribution >= 4 is 32.6 Å². The van der Waals surface area contributed by atoms with Crippen molar-refractivity contribution in [2.45, 2.75) is 13.8 Å². The first-order chi connectivity index (χ1) is 13.0. The maximum Gasteiger partial charge on any atom is 0.269 e. The quantitative estimate of drug-likeness (QED) is 0.628. The van der Waals surface area contributed by atoms with E-state index in [0.29, 0.717) is 27.9 Å². The van der Waals surface area contributed by atoms with Gasteiger partial charge in [-0.3, -0.25) is 15.6 Å². The van der Waals surface area contributed by atoms with Crippen LogP contribution in [0.1, 0.15) is 21.5 Å². The van der Waals surface area contributed by atoms with E-state index in [-0.39, 0.29) is 5.91 Å². The van der Waals surface area contributed by atoms with Gasteiger partial charge in [-0.05, 0) is 43.2 Å². The molecule has 0 aliphatic carbocycles. The van der Waals surface area contributed by atoms with Crippen molar-refractivity contribution in [3.63, 3.8) is 0 Å². The normalized spacial score (nSPS) is 10.6. The van der Waals surface area contributed by atoms with Gasteiger partial charge < -0.3 is 14.2 Å². The van der Waals surface area contributed by atoms with E-state index in [0.717, 1.165) is 21.3 Å². The number of rotatable bonds is 6. The summed E-state index contributed by atoms with van der Waals surface area (Å²) in [4.78, 5) is 17.1. The number of methoxy groups -OCH3 is 3. The molecular formula is C19H21N3O4S. The summed E-state index contributed by atoms with van der Waals surface area (Å²) in [5, 5.41) is 0.611. The molecule has 1 heterocycles. The van der Waals surface area contributed by atoms with Gasteiger partial charge in [-0.15, -0.1) is 0 Å². The van der Waals surface area contributed by atoms with Crippen LogP contribution in [0.2, 0.25) is 0 Å². The fourth-order valence-corrected chi connectivity index (χ4v) is 3.69. The Morgan fingerprint density at radius 3 is 2.26 bits per heavy atom. The van der Waals surface area contributed by atoms with Gasteiger partial charge in [0.1, 0.15) is 0 Å². The lowest BCUT2D eigenvalue weighted by Crippen LogP contribution is -2.29.